The van der Waals surface area contributed by atoms with Crippen LogP contribution in [0.5, 0.6) is 5.75 Å². The van der Waals surface area contributed by atoms with E-state index in [0.717, 1.165) is 39.6 Å². The number of amides is 1. The number of carboxylic acid groups (broad SMARTS) is 1. The van der Waals surface area contributed by atoms with Crippen LogP contribution in [0.1, 0.15) is 29.0 Å². The fourth-order valence-electron chi connectivity index (χ4n) is 5.18. The van der Waals surface area contributed by atoms with Crippen molar-refractivity contribution in [2.75, 3.05) is 26.3 Å². The molecule has 1 fully saturated rings. The third kappa shape index (κ3) is 7.18. The Bertz CT molecular complexity index is 1380. The SMILES string of the molecule is O=C(O)N1CC(O)C(c2ccc(OCCCOCc3ccccc3)cc2)C(OCc2ccc3ccccc3c2)C1. The second-order valence-corrected chi connectivity index (χ2v) is 10.1. The Morgan fingerprint density at radius 2 is 1.55 bits per heavy atom. The van der Waals surface area contributed by atoms with Crippen LogP contribution in [0.25, 0.3) is 10.8 Å². The van der Waals surface area contributed by atoms with Gasteiger partial charge in [0.25, 0.3) is 0 Å². The van der Waals surface area contributed by atoms with Gasteiger partial charge in [-0.25, -0.2) is 4.79 Å². The van der Waals surface area contributed by atoms with E-state index in [2.05, 4.69) is 24.3 Å². The minimum absolute atomic E-state index is 0.0388. The fourth-order valence-corrected chi connectivity index (χ4v) is 5.18. The number of hydrogen-bond donors (Lipinski definition) is 2. The Labute approximate surface area is 234 Å². The predicted molar refractivity (Wildman–Crippen MR) is 154 cm³/mol. The summed E-state index contributed by atoms with van der Waals surface area (Å²) in [6.45, 7) is 2.27. The zero-order valence-corrected chi connectivity index (χ0v) is 22.4. The lowest BCUT2D eigenvalue weighted by Crippen LogP contribution is -2.53. The molecule has 1 aliphatic rings. The number of aliphatic hydroxyl groups excluding tert-OH is 1. The number of nitrogens with zero attached hydrogens (tertiary/aromatic N) is 1. The predicted octanol–water partition coefficient (Wildman–Crippen LogP) is 5.85. The molecule has 7 nitrogen and oxygen atoms in total. The fraction of sp³-hybridized carbons (Fsp3) is 0.303. The van der Waals surface area contributed by atoms with Crippen LogP contribution in [-0.2, 0) is 22.7 Å². The number of aliphatic hydroxyl groups is 1. The first-order valence-electron chi connectivity index (χ1n) is 13.7. The van der Waals surface area contributed by atoms with Crippen LogP contribution in [0.3, 0.4) is 0 Å². The van der Waals surface area contributed by atoms with E-state index in [1.54, 1.807) is 0 Å². The maximum Gasteiger partial charge on any atom is 0.407 e. The van der Waals surface area contributed by atoms with Gasteiger partial charge in [0.2, 0.25) is 0 Å². The molecule has 1 aliphatic heterocycles. The highest BCUT2D eigenvalue weighted by Gasteiger charge is 2.39. The van der Waals surface area contributed by atoms with E-state index in [4.69, 9.17) is 14.2 Å². The zero-order valence-electron chi connectivity index (χ0n) is 22.4. The van der Waals surface area contributed by atoms with Gasteiger partial charge in [0.15, 0.2) is 0 Å². The number of likely N-dealkylation sites (tertiary alicyclic amines) is 1. The van der Waals surface area contributed by atoms with Crippen LogP contribution in [-0.4, -0.2) is 59.7 Å². The Balaban J connectivity index is 1.17. The first-order chi connectivity index (χ1) is 19.6. The smallest absolute Gasteiger partial charge is 0.407 e. The van der Waals surface area contributed by atoms with E-state index in [9.17, 15) is 15.0 Å². The lowest BCUT2D eigenvalue weighted by atomic mass is 9.84. The number of benzene rings is 4. The average Bonchev–Trinajstić information content (AvgIpc) is 2.98. The lowest BCUT2D eigenvalue weighted by Gasteiger charge is -2.40. The first-order valence-corrected chi connectivity index (χ1v) is 13.7. The van der Waals surface area contributed by atoms with E-state index in [0.29, 0.717) is 26.4 Å². The van der Waals surface area contributed by atoms with Crippen LogP contribution in [0.4, 0.5) is 4.79 Å². The van der Waals surface area contributed by atoms with E-state index < -0.39 is 18.3 Å². The molecule has 0 radical (unpaired) electrons. The quantitative estimate of drug-likeness (QED) is 0.232. The number of piperidine rings is 1. The monoisotopic (exact) mass is 541 g/mol. The normalized spacial score (nSPS) is 19.0. The molecule has 5 rings (SSSR count). The van der Waals surface area contributed by atoms with Gasteiger partial charge in [-0.2, -0.15) is 0 Å². The van der Waals surface area contributed by atoms with Crippen molar-refractivity contribution in [1.82, 2.24) is 4.90 Å². The van der Waals surface area contributed by atoms with Crippen LogP contribution in [0, 0.1) is 0 Å². The molecule has 1 heterocycles. The van der Waals surface area contributed by atoms with Crippen LogP contribution in [0.15, 0.2) is 97.1 Å². The van der Waals surface area contributed by atoms with E-state index >= 15 is 0 Å². The molecule has 4 aromatic rings. The molecule has 7 heteroatoms. The maximum absolute atomic E-state index is 11.7. The molecule has 0 aliphatic carbocycles. The third-order valence-corrected chi connectivity index (χ3v) is 7.25. The summed E-state index contributed by atoms with van der Waals surface area (Å²) in [5.41, 5.74) is 3.03. The summed E-state index contributed by atoms with van der Waals surface area (Å²) in [5.74, 6) is 0.370. The topological polar surface area (TPSA) is 88.5 Å². The molecule has 3 atom stereocenters. The van der Waals surface area contributed by atoms with Crippen LogP contribution >= 0.6 is 0 Å². The van der Waals surface area contributed by atoms with Crippen molar-refractivity contribution >= 4 is 16.9 Å². The highest BCUT2D eigenvalue weighted by Crippen LogP contribution is 2.33. The van der Waals surface area contributed by atoms with Crippen molar-refractivity contribution in [1.29, 1.82) is 0 Å². The summed E-state index contributed by atoms with van der Waals surface area (Å²) in [5, 5.41) is 22.9. The highest BCUT2D eigenvalue weighted by atomic mass is 16.5. The van der Waals surface area contributed by atoms with Gasteiger partial charge in [0, 0.05) is 12.3 Å². The van der Waals surface area contributed by atoms with Gasteiger partial charge in [0.05, 0.1) is 51.7 Å². The van der Waals surface area contributed by atoms with Crippen molar-refractivity contribution in [3.63, 3.8) is 0 Å². The second-order valence-electron chi connectivity index (χ2n) is 10.1. The molecule has 0 bridgehead atoms. The van der Waals surface area contributed by atoms with Gasteiger partial charge in [0.1, 0.15) is 5.75 Å². The molecular formula is C33H35NO6. The van der Waals surface area contributed by atoms with Crippen molar-refractivity contribution in [2.45, 2.75) is 37.8 Å². The van der Waals surface area contributed by atoms with Crippen molar-refractivity contribution in [2.24, 2.45) is 0 Å². The van der Waals surface area contributed by atoms with E-state index in [1.807, 2.05) is 72.8 Å². The standard InChI is InChI=1S/C33H35NO6/c35-30-20-34(33(36)37)21-31(40-23-25-11-12-26-9-4-5-10-28(26)19-25)32(30)27-13-15-29(16-14-27)39-18-6-17-38-22-24-7-2-1-3-8-24/h1-5,7-16,19,30-32,35H,6,17-18,20-23H2,(H,36,37). The number of ether oxygens (including phenoxy) is 3. The number of carbonyl (C=O) groups is 1. The van der Waals surface area contributed by atoms with Gasteiger partial charge in [-0.3, -0.25) is 0 Å². The van der Waals surface area contributed by atoms with Gasteiger partial charge in [-0.15, -0.1) is 0 Å². The number of β-amino-alcohol motifs (C(OH)–C–C–N with tert-alkyl or cyclic N) is 1. The highest BCUT2D eigenvalue weighted by molar-refractivity contribution is 5.82. The molecule has 3 unspecified atom stereocenters. The molecule has 0 spiro atoms. The van der Waals surface area contributed by atoms with Crippen LogP contribution in [0.2, 0.25) is 0 Å². The summed E-state index contributed by atoms with van der Waals surface area (Å²) in [6.07, 6.45) is -1.68. The molecule has 208 valence electrons. The Morgan fingerprint density at radius 1 is 0.800 bits per heavy atom. The van der Waals surface area contributed by atoms with Crippen molar-refractivity contribution in [3.8, 4) is 5.75 Å². The molecule has 0 aromatic heterocycles. The second kappa shape index (κ2) is 13.4. The van der Waals surface area contributed by atoms with Gasteiger partial charge < -0.3 is 29.3 Å². The molecular weight excluding hydrogens is 506 g/mol. The number of rotatable bonds is 11. The van der Waals surface area contributed by atoms with Gasteiger partial charge >= 0.3 is 6.09 Å². The van der Waals surface area contributed by atoms with E-state index in [-0.39, 0.29) is 19.0 Å². The third-order valence-electron chi connectivity index (χ3n) is 7.25. The number of fused-ring (bicyclic) bond motifs is 1. The Hall–Kier alpha value is -3.91. The molecule has 2 N–H and O–H groups in total. The average molecular weight is 542 g/mol. The van der Waals surface area contributed by atoms with E-state index in [1.165, 1.54) is 4.90 Å². The Kier molecular flexibility index (Phi) is 9.29. The minimum Gasteiger partial charge on any atom is -0.494 e. The molecule has 1 saturated heterocycles. The Morgan fingerprint density at radius 3 is 2.33 bits per heavy atom. The van der Waals surface area contributed by atoms with Gasteiger partial charge in [-0.1, -0.05) is 78.9 Å². The first kappa shape index (κ1) is 27.6. The number of hydrogen-bond acceptors (Lipinski definition) is 5. The summed E-state index contributed by atoms with van der Waals surface area (Å²) < 4.78 is 17.9. The molecule has 4 aromatic carbocycles. The molecule has 0 saturated carbocycles. The summed E-state index contributed by atoms with van der Waals surface area (Å²) in [6, 6.07) is 32.0. The lowest BCUT2D eigenvalue weighted by molar-refractivity contribution is -0.0660. The maximum atomic E-state index is 11.7. The van der Waals surface area contributed by atoms with Crippen molar-refractivity contribution in [3.05, 3.63) is 114 Å². The molecule has 1 amide bonds. The zero-order chi connectivity index (χ0) is 27.7. The summed E-state index contributed by atoms with van der Waals surface area (Å²) in [7, 11) is 0. The van der Waals surface area contributed by atoms with Crippen molar-refractivity contribution < 1.29 is 29.2 Å². The molecule has 40 heavy (non-hydrogen) atoms. The minimum atomic E-state index is -1.06. The summed E-state index contributed by atoms with van der Waals surface area (Å²) in [4.78, 5) is 13.0. The largest absolute Gasteiger partial charge is 0.494 e. The van der Waals surface area contributed by atoms with Gasteiger partial charge in [-0.05, 0) is 45.7 Å². The summed E-state index contributed by atoms with van der Waals surface area (Å²) >= 11 is 0. The van der Waals surface area contributed by atoms with Crippen LogP contribution < -0.4 is 4.74 Å².